The normalized spacial score (nSPS) is 19.2. The number of hydrogen-bond acceptors (Lipinski definition) is 5. The number of aliphatic hydroxyl groups excluding tert-OH is 1. The van der Waals surface area contributed by atoms with E-state index < -0.39 is 0 Å². The predicted octanol–water partition coefficient (Wildman–Crippen LogP) is 3.51. The summed E-state index contributed by atoms with van der Waals surface area (Å²) in [7, 11) is 3.71. The minimum Gasteiger partial charge on any atom is -0.497 e. The van der Waals surface area contributed by atoms with Crippen molar-refractivity contribution in [3.63, 3.8) is 0 Å². The SMILES string of the molecule is COc1ccc(-c2nnc(N(C)CC3CC(O)C3)c3ccccc23)cc1. The van der Waals surface area contributed by atoms with Gasteiger partial charge in [-0.3, -0.25) is 0 Å². The quantitative estimate of drug-likeness (QED) is 0.764. The highest BCUT2D eigenvalue weighted by Gasteiger charge is 2.28. The first kappa shape index (κ1) is 16.8. The van der Waals surface area contributed by atoms with Gasteiger partial charge in [-0.15, -0.1) is 10.2 Å². The smallest absolute Gasteiger partial charge is 0.158 e. The Labute approximate surface area is 153 Å². The van der Waals surface area contributed by atoms with E-state index in [0.717, 1.165) is 53.0 Å². The molecule has 0 spiro atoms. The lowest BCUT2D eigenvalue weighted by atomic mass is 9.82. The summed E-state index contributed by atoms with van der Waals surface area (Å²) >= 11 is 0. The maximum absolute atomic E-state index is 9.52. The Morgan fingerprint density at radius 1 is 1.04 bits per heavy atom. The zero-order chi connectivity index (χ0) is 18.1. The number of methoxy groups -OCH3 is 1. The Morgan fingerprint density at radius 2 is 1.73 bits per heavy atom. The zero-order valence-corrected chi connectivity index (χ0v) is 15.1. The van der Waals surface area contributed by atoms with Crippen LogP contribution in [0.15, 0.2) is 48.5 Å². The van der Waals surface area contributed by atoms with E-state index in [9.17, 15) is 5.11 Å². The van der Waals surface area contributed by atoms with Crippen molar-refractivity contribution in [1.29, 1.82) is 0 Å². The number of anilines is 1. The van der Waals surface area contributed by atoms with E-state index in [-0.39, 0.29) is 6.10 Å². The first-order valence-corrected chi connectivity index (χ1v) is 8.94. The summed E-state index contributed by atoms with van der Waals surface area (Å²) in [6, 6.07) is 16.1. The molecule has 1 aliphatic rings. The van der Waals surface area contributed by atoms with E-state index in [2.05, 4.69) is 27.2 Å². The molecular formula is C21H23N3O2. The number of rotatable bonds is 5. The third kappa shape index (κ3) is 3.10. The van der Waals surface area contributed by atoms with E-state index in [1.54, 1.807) is 7.11 Å². The van der Waals surface area contributed by atoms with Crippen molar-refractivity contribution in [2.45, 2.75) is 18.9 Å². The van der Waals surface area contributed by atoms with Crippen molar-refractivity contribution in [2.24, 2.45) is 5.92 Å². The maximum atomic E-state index is 9.52. The highest BCUT2D eigenvalue weighted by molar-refractivity contribution is 6.00. The molecule has 5 heteroatoms. The number of hydrogen-bond donors (Lipinski definition) is 1. The summed E-state index contributed by atoms with van der Waals surface area (Å²) in [6.45, 7) is 0.887. The fraction of sp³-hybridized carbons (Fsp3) is 0.333. The molecule has 4 rings (SSSR count). The second-order valence-corrected chi connectivity index (χ2v) is 7.02. The second-order valence-electron chi connectivity index (χ2n) is 7.02. The minimum atomic E-state index is -0.131. The van der Waals surface area contributed by atoms with E-state index in [1.807, 2.05) is 43.4 Å². The molecule has 2 aromatic carbocycles. The number of aliphatic hydroxyl groups is 1. The summed E-state index contributed by atoms with van der Waals surface area (Å²) < 4.78 is 5.24. The number of benzene rings is 2. The van der Waals surface area contributed by atoms with Crippen LogP contribution in [0.3, 0.4) is 0 Å². The maximum Gasteiger partial charge on any atom is 0.158 e. The molecule has 0 amide bonds. The molecule has 26 heavy (non-hydrogen) atoms. The molecule has 1 fully saturated rings. The molecule has 1 aromatic heterocycles. The molecule has 1 N–H and O–H groups in total. The highest BCUT2D eigenvalue weighted by Crippen LogP contribution is 2.34. The van der Waals surface area contributed by atoms with Crippen LogP contribution >= 0.6 is 0 Å². The summed E-state index contributed by atoms with van der Waals surface area (Å²) in [5.74, 6) is 2.24. The topological polar surface area (TPSA) is 58.5 Å². The van der Waals surface area contributed by atoms with Crippen LogP contribution in [0.2, 0.25) is 0 Å². The van der Waals surface area contributed by atoms with Gasteiger partial charge in [0, 0.05) is 29.9 Å². The van der Waals surface area contributed by atoms with E-state index in [1.165, 1.54) is 0 Å². The van der Waals surface area contributed by atoms with Gasteiger partial charge >= 0.3 is 0 Å². The Hall–Kier alpha value is -2.66. The second kappa shape index (κ2) is 6.92. The molecule has 1 heterocycles. The fourth-order valence-corrected chi connectivity index (χ4v) is 3.66. The zero-order valence-electron chi connectivity index (χ0n) is 15.1. The Balaban J connectivity index is 1.70. The van der Waals surface area contributed by atoms with Crippen LogP contribution in [-0.4, -0.2) is 42.1 Å². The van der Waals surface area contributed by atoms with Gasteiger partial charge in [0.2, 0.25) is 0 Å². The average molecular weight is 349 g/mol. The molecule has 0 aliphatic heterocycles. The molecule has 3 aromatic rings. The molecule has 5 nitrogen and oxygen atoms in total. The Morgan fingerprint density at radius 3 is 2.38 bits per heavy atom. The lowest BCUT2D eigenvalue weighted by Crippen LogP contribution is -2.37. The van der Waals surface area contributed by atoms with Gasteiger partial charge in [-0.25, -0.2) is 0 Å². The van der Waals surface area contributed by atoms with E-state index in [4.69, 9.17) is 4.74 Å². The lowest BCUT2D eigenvalue weighted by molar-refractivity contribution is 0.0464. The van der Waals surface area contributed by atoms with Crippen LogP contribution in [0.4, 0.5) is 5.82 Å². The summed E-state index contributed by atoms with van der Waals surface area (Å²) in [6.07, 6.45) is 1.62. The van der Waals surface area contributed by atoms with Gasteiger partial charge < -0.3 is 14.7 Å². The van der Waals surface area contributed by atoms with Crippen LogP contribution in [0.5, 0.6) is 5.75 Å². The Bertz CT molecular complexity index is 905. The van der Waals surface area contributed by atoms with Gasteiger partial charge in [0.15, 0.2) is 5.82 Å². The van der Waals surface area contributed by atoms with Gasteiger partial charge in [0.1, 0.15) is 11.4 Å². The molecule has 1 saturated carbocycles. The van der Waals surface area contributed by atoms with Crippen LogP contribution in [0.1, 0.15) is 12.8 Å². The van der Waals surface area contributed by atoms with Gasteiger partial charge in [-0.1, -0.05) is 24.3 Å². The van der Waals surface area contributed by atoms with Crippen LogP contribution in [0, 0.1) is 5.92 Å². The third-order valence-electron chi connectivity index (χ3n) is 5.14. The first-order valence-electron chi connectivity index (χ1n) is 8.94. The highest BCUT2D eigenvalue weighted by atomic mass is 16.5. The van der Waals surface area contributed by atoms with Crippen LogP contribution in [-0.2, 0) is 0 Å². The van der Waals surface area contributed by atoms with Crippen molar-refractivity contribution in [1.82, 2.24) is 10.2 Å². The summed E-state index contributed by atoms with van der Waals surface area (Å²) in [5, 5.41) is 20.8. The summed E-state index contributed by atoms with van der Waals surface area (Å²) in [5.41, 5.74) is 1.89. The van der Waals surface area contributed by atoms with Crippen molar-refractivity contribution in [3.05, 3.63) is 48.5 Å². The van der Waals surface area contributed by atoms with Crippen LogP contribution < -0.4 is 9.64 Å². The van der Waals surface area contributed by atoms with E-state index >= 15 is 0 Å². The molecular weight excluding hydrogens is 326 g/mol. The van der Waals surface area contributed by atoms with Crippen molar-refractivity contribution >= 4 is 16.6 Å². The largest absolute Gasteiger partial charge is 0.497 e. The molecule has 0 atom stereocenters. The molecule has 0 bridgehead atoms. The van der Waals surface area contributed by atoms with E-state index in [0.29, 0.717) is 5.92 Å². The van der Waals surface area contributed by atoms with Gasteiger partial charge in [0.05, 0.1) is 13.2 Å². The molecule has 1 aliphatic carbocycles. The lowest BCUT2D eigenvalue weighted by Gasteiger charge is -2.35. The van der Waals surface area contributed by atoms with Crippen molar-refractivity contribution < 1.29 is 9.84 Å². The van der Waals surface area contributed by atoms with Gasteiger partial charge in [-0.2, -0.15) is 0 Å². The fourth-order valence-electron chi connectivity index (χ4n) is 3.66. The summed E-state index contributed by atoms with van der Waals surface area (Å²) in [4.78, 5) is 2.16. The third-order valence-corrected chi connectivity index (χ3v) is 5.14. The molecule has 0 saturated heterocycles. The van der Waals surface area contributed by atoms with Gasteiger partial charge in [-0.05, 0) is 43.0 Å². The number of nitrogens with zero attached hydrogens (tertiary/aromatic N) is 3. The van der Waals surface area contributed by atoms with Gasteiger partial charge in [0.25, 0.3) is 0 Å². The standard InChI is InChI=1S/C21H23N3O2/c1-24(13-14-11-16(25)12-14)21-19-6-4-3-5-18(19)20(22-23-21)15-7-9-17(26-2)10-8-15/h3-10,14,16,25H,11-13H2,1-2H3. The molecule has 134 valence electrons. The minimum absolute atomic E-state index is 0.131. The average Bonchev–Trinajstić information content (AvgIpc) is 2.66. The van der Waals surface area contributed by atoms with Crippen molar-refractivity contribution in [2.75, 3.05) is 25.6 Å². The van der Waals surface area contributed by atoms with Crippen LogP contribution in [0.25, 0.3) is 22.0 Å². The predicted molar refractivity (Wildman–Crippen MR) is 104 cm³/mol. The Kier molecular flexibility index (Phi) is 4.47. The number of ether oxygens (including phenoxy) is 1. The number of fused-ring (bicyclic) bond motifs is 1. The molecule has 0 radical (unpaired) electrons. The number of aromatic nitrogens is 2. The molecule has 0 unspecified atom stereocenters. The first-order chi connectivity index (χ1) is 12.7. The van der Waals surface area contributed by atoms with Crippen molar-refractivity contribution in [3.8, 4) is 17.0 Å². The monoisotopic (exact) mass is 349 g/mol.